The summed E-state index contributed by atoms with van der Waals surface area (Å²) in [5, 5.41) is 3.70. The molecule has 0 aromatic rings. The van der Waals surface area contributed by atoms with Gasteiger partial charge in [-0.15, -0.1) is 0 Å². The molecule has 1 heterocycles. The smallest absolute Gasteiger partial charge is 0.0615 e. The predicted octanol–water partition coefficient (Wildman–Crippen LogP) is 1.23. The van der Waals surface area contributed by atoms with Crippen molar-refractivity contribution in [3.05, 3.63) is 0 Å². The van der Waals surface area contributed by atoms with E-state index in [1.165, 1.54) is 24.3 Å². The Morgan fingerprint density at radius 2 is 2.20 bits per heavy atom. The van der Waals surface area contributed by atoms with Crippen LogP contribution in [0.4, 0.5) is 0 Å². The molecule has 15 heavy (non-hydrogen) atoms. The maximum absolute atomic E-state index is 5.53. The molecule has 0 saturated carbocycles. The van der Waals surface area contributed by atoms with Crippen LogP contribution in [0.3, 0.4) is 0 Å². The average Bonchev–Trinajstić information content (AvgIpc) is 2.28. The second-order valence-corrected chi connectivity index (χ2v) is 5.36. The van der Waals surface area contributed by atoms with Crippen molar-refractivity contribution in [2.45, 2.75) is 37.8 Å². The topological polar surface area (TPSA) is 47.3 Å². The van der Waals surface area contributed by atoms with Crippen molar-refractivity contribution in [1.29, 1.82) is 0 Å². The van der Waals surface area contributed by atoms with E-state index in [0.717, 1.165) is 26.0 Å². The zero-order chi connectivity index (χ0) is 10.9. The highest BCUT2D eigenvalue weighted by Crippen LogP contribution is 2.17. The van der Waals surface area contributed by atoms with Gasteiger partial charge >= 0.3 is 0 Å². The standard InChI is InChI=1S/C11H24N2OS/c1-14-9-11(3-2-6-12)13-10-4-7-15-8-5-10/h10-11,13H,2-9,12H2,1H3. The van der Waals surface area contributed by atoms with Crippen LogP contribution in [0.15, 0.2) is 0 Å². The van der Waals surface area contributed by atoms with Crippen LogP contribution in [0.2, 0.25) is 0 Å². The van der Waals surface area contributed by atoms with Crippen molar-refractivity contribution in [1.82, 2.24) is 5.32 Å². The second-order valence-electron chi connectivity index (χ2n) is 4.14. The zero-order valence-corrected chi connectivity index (χ0v) is 10.5. The lowest BCUT2D eigenvalue weighted by Crippen LogP contribution is -2.43. The molecule has 1 rings (SSSR count). The van der Waals surface area contributed by atoms with Crippen LogP contribution in [-0.4, -0.2) is 43.9 Å². The number of nitrogens with one attached hydrogen (secondary N) is 1. The predicted molar refractivity (Wildman–Crippen MR) is 67.4 cm³/mol. The van der Waals surface area contributed by atoms with Crippen LogP contribution in [-0.2, 0) is 4.74 Å². The SMILES string of the molecule is COCC(CCCN)NC1CCSCC1. The Kier molecular flexibility index (Phi) is 7.44. The summed E-state index contributed by atoms with van der Waals surface area (Å²) in [6, 6.07) is 1.19. The van der Waals surface area contributed by atoms with Crippen molar-refractivity contribution in [2.24, 2.45) is 5.73 Å². The molecule has 3 N–H and O–H groups in total. The summed E-state index contributed by atoms with van der Waals surface area (Å²) in [6.45, 7) is 1.59. The van der Waals surface area contributed by atoms with Gasteiger partial charge < -0.3 is 15.8 Å². The zero-order valence-electron chi connectivity index (χ0n) is 9.71. The van der Waals surface area contributed by atoms with Gasteiger partial charge in [-0.1, -0.05) is 0 Å². The van der Waals surface area contributed by atoms with Crippen molar-refractivity contribution in [2.75, 3.05) is 31.8 Å². The largest absolute Gasteiger partial charge is 0.383 e. The van der Waals surface area contributed by atoms with Gasteiger partial charge in [0.25, 0.3) is 0 Å². The summed E-state index contributed by atoms with van der Waals surface area (Å²) in [6.07, 6.45) is 4.82. The molecule has 1 saturated heterocycles. The summed E-state index contributed by atoms with van der Waals surface area (Å²) in [7, 11) is 1.77. The average molecular weight is 232 g/mol. The molecule has 1 aliphatic heterocycles. The lowest BCUT2D eigenvalue weighted by molar-refractivity contribution is 0.154. The molecule has 1 aliphatic rings. The number of ether oxygens (including phenoxy) is 1. The highest BCUT2D eigenvalue weighted by molar-refractivity contribution is 7.99. The van der Waals surface area contributed by atoms with Crippen LogP contribution >= 0.6 is 11.8 Å². The van der Waals surface area contributed by atoms with Gasteiger partial charge in [-0.2, -0.15) is 11.8 Å². The molecule has 1 atom stereocenters. The van der Waals surface area contributed by atoms with Crippen molar-refractivity contribution >= 4 is 11.8 Å². The minimum absolute atomic E-state index is 0.492. The number of methoxy groups -OCH3 is 1. The first kappa shape index (κ1) is 13.3. The number of rotatable bonds is 7. The first-order chi connectivity index (χ1) is 7.36. The normalized spacial score (nSPS) is 20.4. The van der Waals surface area contributed by atoms with E-state index < -0.39 is 0 Å². The van der Waals surface area contributed by atoms with E-state index >= 15 is 0 Å². The molecule has 0 amide bonds. The Labute approximate surface area is 97.5 Å². The van der Waals surface area contributed by atoms with Crippen LogP contribution in [0.5, 0.6) is 0 Å². The summed E-state index contributed by atoms with van der Waals surface area (Å²) < 4.78 is 5.23. The van der Waals surface area contributed by atoms with E-state index in [9.17, 15) is 0 Å². The number of nitrogens with two attached hydrogens (primary N) is 1. The van der Waals surface area contributed by atoms with Gasteiger partial charge in [0.1, 0.15) is 0 Å². The van der Waals surface area contributed by atoms with Gasteiger partial charge in [0.2, 0.25) is 0 Å². The Morgan fingerprint density at radius 1 is 1.47 bits per heavy atom. The third kappa shape index (κ3) is 5.76. The number of thioether (sulfide) groups is 1. The third-order valence-corrected chi connectivity index (χ3v) is 3.87. The fourth-order valence-corrected chi connectivity index (χ4v) is 3.08. The summed E-state index contributed by atoms with van der Waals surface area (Å²) in [5.74, 6) is 2.60. The first-order valence-electron chi connectivity index (χ1n) is 5.89. The van der Waals surface area contributed by atoms with E-state index in [2.05, 4.69) is 17.1 Å². The minimum Gasteiger partial charge on any atom is -0.383 e. The van der Waals surface area contributed by atoms with Crippen LogP contribution in [0.25, 0.3) is 0 Å². The van der Waals surface area contributed by atoms with E-state index in [4.69, 9.17) is 10.5 Å². The lowest BCUT2D eigenvalue weighted by atomic mass is 10.1. The number of hydrogen-bond acceptors (Lipinski definition) is 4. The van der Waals surface area contributed by atoms with Crippen molar-refractivity contribution in [3.63, 3.8) is 0 Å². The van der Waals surface area contributed by atoms with Gasteiger partial charge in [0, 0.05) is 19.2 Å². The molecule has 1 fully saturated rings. The quantitative estimate of drug-likeness (QED) is 0.693. The lowest BCUT2D eigenvalue weighted by Gasteiger charge is -2.28. The second kappa shape index (κ2) is 8.39. The molecule has 0 radical (unpaired) electrons. The van der Waals surface area contributed by atoms with Gasteiger partial charge in [-0.05, 0) is 43.7 Å². The fraction of sp³-hybridized carbons (Fsp3) is 1.00. The molecular weight excluding hydrogens is 208 g/mol. The van der Waals surface area contributed by atoms with Gasteiger partial charge in [0.15, 0.2) is 0 Å². The van der Waals surface area contributed by atoms with Gasteiger partial charge in [-0.3, -0.25) is 0 Å². The molecule has 4 heteroatoms. The van der Waals surface area contributed by atoms with E-state index in [1.54, 1.807) is 7.11 Å². The molecule has 0 bridgehead atoms. The molecule has 0 spiro atoms. The third-order valence-electron chi connectivity index (χ3n) is 2.82. The minimum atomic E-state index is 0.492. The summed E-state index contributed by atoms with van der Waals surface area (Å²) in [4.78, 5) is 0. The summed E-state index contributed by atoms with van der Waals surface area (Å²) in [5.41, 5.74) is 5.53. The Bertz CT molecular complexity index is 152. The molecule has 0 aromatic heterocycles. The number of hydrogen-bond donors (Lipinski definition) is 2. The molecule has 0 aliphatic carbocycles. The van der Waals surface area contributed by atoms with Gasteiger partial charge in [-0.25, -0.2) is 0 Å². The van der Waals surface area contributed by atoms with Crippen LogP contribution in [0.1, 0.15) is 25.7 Å². The van der Waals surface area contributed by atoms with E-state index in [1.807, 2.05) is 0 Å². The van der Waals surface area contributed by atoms with E-state index in [-0.39, 0.29) is 0 Å². The monoisotopic (exact) mass is 232 g/mol. The Morgan fingerprint density at radius 3 is 2.80 bits per heavy atom. The maximum Gasteiger partial charge on any atom is 0.0615 e. The van der Waals surface area contributed by atoms with Gasteiger partial charge in [0.05, 0.1) is 6.61 Å². The van der Waals surface area contributed by atoms with Crippen LogP contribution in [0, 0.1) is 0 Å². The highest BCUT2D eigenvalue weighted by Gasteiger charge is 2.17. The molecule has 90 valence electrons. The van der Waals surface area contributed by atoms with E-state index in [0.29, 0.717) is 12.1 Å². The first-order valence-corrected chi connectivity index (χ1v) is 7.05. The fourth-order valence-electron chi connectivity index (χ4n) is 1.98. The maximum atomic E-state index is 5.53. The summed E-state index contributed by atoms with van der Waals surface area (Å²) >= 11 is 2.07. The molecule has 3 nitrogen and oxygen atoms in total. The highest BCUT2D eigenvalue weighted by atomic mass is 32.2. The Hall–Kier alpha value is 0.230. The molecule has 1 unspecified atom stereocenters. The molecular formula is C11H24N2OS. The van der Waals surface area contributed by atoms with Crippen molar-refractivity contribution < 1.29 is 4.74 Å². The molecule has 0 aromatic carbocycles. The van der Waals surface area contributed by atoms with Crippen molar-refractivity contribution in [3.8, 4) is 0 Å². The van der Waals surface area contributed by atoms with Crippen LogP contribution < -0.4 is 11.1 Å². The Balaban J connectivity index is 2.21.